The number of hydrogen-bond donors (Lipinski definition) is 1. The van der Waals surface area contributed by atoms with Gasteiger partial charge in [0.1, 0.15) is 6.42 Å². The summed E-state index contributed by atoms with van der Waals surface area (Å²) in [4.78, 5) is 10.6. The normalized spacial score (nSPS) is 22.8. The Hall–Kier alpha value is -1.23. The van der Waals surface area contributed by atoms with Crippen molar-refractivity contribution in [2.75, 3.05) is 0 Å². The number of halogens is 1. The first-order valence-corrected chi connectivity index (χ1v) is 5.17. The number of ether oxygens (including phenoxy) is 2. The van der Waals surface area contributed by atoms with Crippen molar-refractivity contribution in [1.29, 1.82) is 0 Å². The van der Waals surface area contributed by atoms with Gasteiger partial charge in [0.05, 0.1) is 0 Å². The van der Waals surface area contributed by atoms with Crippen LogP contribution < -0.4 is 9.47 Å². The van der Waals surface area contributed by atoms with E-state index in [0.29, 0.717) is 11.5 Å². The van der Waals surface area contributed by atoms with Gasteiger partial charge in [-0.15, -0.1) is 0 Å². The third-order valence-electron chi connectivity index (χ3n) is 2.03. The third-order valence-corrected chi connectivity index (χ3v) is 2.52. The fourth-order valence-corrected chi connectivity index (χ4v) is 1.82. The average molecular weight is 273 g/mol. The van der Waals surface area contributed by atoms with Crippen LogP contribution in [0.4, 0.5) is 0 Å². The topological polar surface area (TPSA) is 55.8 Å². The second kappa shape index (κ2) is 3.41. The van der Waals surface area contributed by atoms with E-state index >= 15 is 0 Å². The molecule has 2 rings (SSSR count). The summed E-state index contributed by atoms with van der Waals surface area (Å²) in [6, 6.07) is 5.31. The van der Waals surface area contributed by atoms with Crippen LogP contribution in [0, 0.1) is 0 Å². The fourth-order valence-electron chi connectivity index (χ4n) is 1.48. The molecular formula is C10H9BrO4. The Kier molecular flexibility index (Phi) is 2.34. The van der Waals surface area contributed by atoms with Crippen LogP contribution in [0.1, 0.15) is 13.3 Å². The molecule has 0 amide bonds. The Bertz CT molecular complexity index is 418. The van der Waals surface area contributed by atoms with Gasteiger partial charge in [0.25, 0.3) is 5.79 Å². The van der Waals surface area contributed by atoms with E-state index in [9.17, 15) is 4.79 Å². The van der Waals surface area contributed by atoms with E-state index in [2.05, 4.69) is 15.9 Å². The Balaban J connectivity index is 2.24. The molecule has 0 radical (unpaired) electrons. The number of hydrogen-bond acceptors (Lipinski definition) is 3. The summed E-state index contributed by atoms with van der Waals surface area (Å²) >= 11 is 3.30. The number of fused-ring (bicyclic) bond motifs is 1. The van der Waals surface area contributed by atoms with Gasteiger partial charge in [-0.3, -0.25) is 4.79 Å². The molecule has 1 aliphatic heterocycles. The molecule has 1 aliphatic rings. The summed E-state index contributed by atoms with van der Waals surface area (Å²) in [7, 11) is 0. The van der Waals surface area contributed by atoms with Crippen LogP contribution in [-0.2, 0) is 4.79 Å². The molecule has 0 fully saturated rings. The predicted molar refractivity (Wildman–Crippen MR) is 56.1 cm³/mol. The maximum atomic E-state index is 10.6. The largest absolute Gasteiger partial charge is 0.481 e. The SMILES string of the molecule is CC1(CC(=O)O)Oc2ccc(Br)cc2O1. The van der Waals surface area contributed by atoms with Gasteiger partial charge in [-0.05, 0) is 18.2 Å². The first-order valence-electron chi connectivity index (χ1n) is 4.38. The molecule has 1 aromatic carbocycles. The Morgan fingerprint density at radius 3 is 2.80 bits per heavy atom. The quantitative estimate of drug-likeness (QED) is 0.899. The lowest BCUT2D eigenvalue weighted by Crippen LogP contribution is -2.37. The monoisotopic (exact) mass is 272 g/mol. The molecule has 1 N–H and O–H groups in total. The van der Waals surface area contributed by atoms with Crippen molar-refractivity contribution in [3.8, 4) is 11.5 Å². The summed E-state index contributed by atoms with van der Waals surface area (Å²) in [5.41, 5.74) is 0. The zero-order chi connectivity index (χ0) is 11.1. The molecule has 4 nitrogen and oxygen atoms in total. The minimum absolute atomic E-state index is 0.195. The minimum Gasteiger partial charge on any atom is -0.481 e. The zero-order valence-corrected chi connectivity index (χ0v) is 9.58. The Morgan fingerprint density at radius 1 is 1.47 bits per heavy atom. The number of rotatable bonds is 2. The molecule has 1 atom stereocenters. The van der Waals surface area contributed by atoms with Crippen LogP contribution in [-0.4, -0.2) is 16.9 Å². The highest BCUT2D eigenvalue weighted by atomic mass is 79.9. The molecule has 1 heterocycles. The van der Waals surface area contributed by atoms with Crippen molar-refractivity contribution in [3.63, 3.8) is 0 Å². The van der Waals surface area contributed by atoms with E-state index in [-0.39, 0.29) is 6.42 Å². The third kappa shape index (κ3) is 2.07. The first-order chi connectivity index (χ1) is 6.98. The van der Waals surface area contributed by atoms with Gasteiger partial charge in [0, 0.05) is 11.4 Å². The lowest BCUT2D eigenvalue weighted by molar-refractivity contribution is -0.149. The summed E-state index contributed by atoms with van der Waals surface area (Å²) in [5.74, 6) is -0.922. The van der Waals surface area contributed by atoms with E-state index in [0.717, 1.165) is 4.47 Å². The summed E-state index contributed by atoms with van der Waals surface area (Å²) < 4.78 is 11.8. The lowest BCUT2D eigenvalue weighted by atomic mass is 10.2. The van der Waals surface area contributed by atoms with Crippen molar-refractivity contribution < 1.29 is 19.4 Å². The minimum atomic E-state index is -1.10. The number of carbonyl (C=O) groups is 1. The average Bonchev–Trinajstić information content (AvgIpc) is 2.38. The number of aliphatic carboxylic acids is 1. The number of carboxylic acid groups (broad SMARTS) is 1. The molecule has 0 aromatic heterocycles. The van der Waals surface area contributed by atoms with Crippen molar-refractivity contribution >= 4 is 21.9 Å². The van der Waals surface area contributed by atoms with Crippen molar-refractivity contribution in [2.45, 2.75) is 19.1 Å². The molecule has 0 saturated heterocycles. The Morgan fingerprint density at radius 2 is 2.13 bits per heavy atom. The van der Waals surface area contributed by atoms with E-state index in [4.69, 9.17) is 14.6 Å². The van der Waals surface area contributed by atoms with Gasteiger partial charge in [-0.25, -0.2) is 0 Å². The Labute approximate surface area is 94.9 Å². The van der Waals surface area contributed by atoms with Gasteiger partial charge >= 0.3 is 5.97 Å². The van der Waals surface area contributed by atoms with Gasteiger partial charge in [-0.2, -0.15) is 0 Å². The maximum Gasteiger partial charge on any atom is 0.311 e. The molecule has 5 heteroatoms. The number of carboxylic acids is 1. The molecule has 0 bridgehead atoms. The number of benzene rings is 1. The van der Waals surface area contributed by atoms with E-state index in [1.807, 2.05) is 6.07 Å². The van der Waals surface area contributed by atoms with E-state index < -0.39 is 11.8 Å². The van der Waals surface area contributed by atoms with Crippen LogP contribution in [0.3, 0.4) is 0 Å². The van der Waals surface area contributed by atoms with Gasteiger partial charge in [0.2, 0.25) is 0 Å². The summed E-state index contributed by atoms with van der Waals surface area (Å²) in [5, 5.41) is 8.70. The van der Waals surface area contributed by atoms with Crippen LogP contribution in [0.15, 0.2) is 22.7 Å². The molecule has 0 saturated carbocycles. The summed E-state index contributed by atoms with van der Waals surface area (Å²) in [6.45, 7) is 1.61. The highest BCUT2D eigenvalue weighted by Gasteiger charge is 2.38. The van der Waals surface area contributed by atoms with Crippen molar-refractivity contribution in [3.05, 3.63) is 22.7 Å². The van der Waals surface area contributed by atoms with Crippen molar-refractivity contribution in [1.82, 2.24) is 0 Å². The first kappa shape index (κ1) is 10.3. The van der Waals surface area contributed by atoms with Crippen LogP contribution in [0.5, 0.6) is 11.5 Å². The zero-order valence-electron chi connectivity index (χ0n) is 7.99. The molecular weight excluding hydrogens is 264 g/mol. The molecule has 0 aliphatic carbocycles. The van der Waals surface area contributed by atoms with Crippen LogP contribution >= 0.6 is 15.9 Å². The van der Waals surface area contributed by atoms with Gasteiger partial charge in [-0.1, -0.05) is 15.9 Å². The van der Waals surface area contributed by atoms with E-state index in [1.54, 1.807) is 19.1 Å². The molecule has 15 heavy (non-hydrogen) atoms. The van der Waals surface area contributed by atoms with Crippen LogP contribution in [0.2, 0.25) is 0 Å². The lowest BCUT2D eigenvalue weighted by Gasteiger charge is -2.20. The molecule has 80 valence electrons. The van der Waals surface area contributed by atoms with Gasteiger partial charge in [0.15, 0.2) is 11.5 Å². The van der Waals surface area contributed by atoms with E-state index in [1.165, 1.54) is 0 Å². The standard InChI is InChI=1S/C10H9BrO4/c1-10(5-9(12)13)14-7-3-2-6(11)4-8(7)15-10/h2-4H,5H2,1H3,(H,12,13). The second-order valence-corrected chi connectivity index (χ2v) is 4.42. The van der Waals surface area contributed by atoms with Crippen LogP contribution in [0.25, 0.3) is 0 Å². The predicted octanol–water partition coefficient (Wildman–Crippen LogP) is 2.41. The molecule has 1 unspecified atom stereocenters. The summed E-state index contributed by atoms with van der Waals surface area (Å²) in [6.07, 6.45) is -0.195. The second-order valence-electron chi connectivity index (χ2n) is 3.50. The van der Waals surface area contributed by atoms with Gasteiger partial charge < -0.3 is 14.6 Å². The highest BCUT2D eigenvalue weighted by molar-refractivity contribution is 9.10. The molecule has 1 aromatic rings. The smallest absolute Gasteiger partial charge is 0.311 e. The maximum absolute atomic E-state index is 10.6. The highest BCUT2D eigenvalue weighted by Crippen LogP contribution is 2.41. The van der Waals surface area contributed by atoms with Crippen molar-refractivity contribution in [2.24, 2.45) is 0 Å². The fraction of sp³-hybridized carbons (Fsp3) is 0.300. The molecule has 0 spiro atoms.